The molecule has 5 heteroatoms. The summed E-state index contributed by atoms with van der Waals surface area (Å²) in [6.45, 7) is 9.89. The lowest BCUT2D eigenvalue weighted by Crippen LogP contribution is -2.38. The van der Waals surface area contributed by atoms with Crippen LogP contribution in [0, 0.1) is 12.7 Å². The number of carbonyl (C=O) groups is 1. The number of rotatable bonds is 8. The highest BCUT2D eigenvalue weighted by atomic mass is 19.1. The van der Waals surface area contributed by atoms with E-state index in [1.54, 1.807) is 31.2 Å². The topological polar surface area (TPSA) is 38.8 Å². The summed E-state index contributed by atoms with van der Waals surface area (Å²) in [4.78, 5) is 15.4. The van der Waals surface area contributed by atoms with Crippen LogP contribution in [0.2, 0.25) is 0 Å². The number of fused-ring (bicyclic) bond motifs is 1. The zero-order valence-electron chi connectivity index (χ0n) is 18.5. The molecule has 0 radical (unpaired) electrons. The van der Waals surface area contributed by atoms with Crippen LogP contribution in [-0.2, 0) is 13.0 Å². The second-order valence-corrected chi connectivity index (χ2v) is 7.98. The summed E-state index contributed by atoms with van der Waals surface area (Å²) in [6.07, 6.45) is 3.52. The van der Waals surface area contributed by atoms with E-state index in [2.05, 4.69) is 25.7 Å². The van der Waals surface area contributed by atoms with Gasteiger partial charge in [-0.15, -0.1) is 0 Å². The van der Waals surface area contributed by atoms with Crippen molar-refractivity contribution in [2.24, 2.45) is 0 Å². The Bertz CT molecular complexity index is 882. The lowest BCUT2D eigenvalue weighted by Gasteiger charge is -2.35. The Kier molecular flexibility index (Phi) is 7.48. The zero-order valence-corrected chi connectivity index (χ0v) is 18.5. The highest BCUT2D eigenvalue weighted by molar-refractivity contribution is 5.96. The van der Waals surface area contributed by atoms with Crippen molar-refractivity contribution in [2.75, 3.05) is 13.2 Å². The Labute approximate surface area is 179 Å². The van der Waals surface area contributed by atoms with Crippen LogP contribution in [0.3, 0.4) is 0 Å². The normalized spacial score (nSPS) is 14.8. The molecule has 1 heterocycles. The predicted molar refractivity (Wildman–Crippen MR) is 117 cm³/mol. The quantitative estimate of drug-likeness (QED) is 0.317. The number of ether oxygens (including phenoxy) is 2. The minimum atomic E-state index is -0.573. The largest absolute Gasteiger partial charge is 0.492 e. The lowest BCUT2D eigenvalue weighted by molar-refractivity contribution is 0.0727. The van der Waals surface area contributed by atoms with E-state index in [0.29, 0.717) is 48.2 Å². The van der Waals surface area contributed by atoms with Gasteiger partial charge in [0.05, 0.1) is 6.61 Å². The smallest absolute Gasteiger partial charge is 0.347 e. The fourth-order valence-corrected chi connectivity index (χ4v) is 3.90. The summed E-state index contributed by atoms with van der Waals surface area (Å²) in [5.41, 5.74) is 1.98. The van der Waals surface area contributed by atoms with Crippen molar-refractivity contribution in [2.45, 2.75) is 66.0 Å². The monoisotopic (exact) mass is 413 g/mol. The molecule has 0 saturated heterocycles. The van der Waals surface area contributed by atoms with Crippen LogP contribution in [0.5, 0.6) is 11.5 Å². The van der Waals surface area contributed by atoms with Gasteiger partial charge >= 0.3 is 5.97 Å². The Morgan fingerprint density at radius 1 is 1.20 bits per heavy atom. The van der Waals surface area contributed by atoms with Crippen LogP contribution < -0.4 is 9.47 Å². The Hall–Kier alpha value is -2.40. The molecule has 1 atom stereocenters. The molecule has 3 rings (SSSR count). The molecule has 2 aromatic rings. The molecule has 0 bridgehead atoms. The number of hydrogen-bond acceptors (Lipinski definition) is 4. The van der Waals surface area contributed by atoms with Crippen molar-refractivity contribution in [3.05, 3.63) is 58.4 Å². The van der Waals surface area contributed by atoms with Crippen molar-refractivity contribution in [1.29, 1.82) is 0 Å². The minimum Gasteiger partial charge on any atom is -0.492 e. The van der Waals surface area contributed by atoms with Crippen LogP contribution in [0.25, 0.3) is 0 Å². The molecular formula is C25H32FNO3. The maximum Gasteiger partial charge on any atom is 0.347 e. The third-order valence-corrected chi connectivity index (χ3v) is 5.96. The van der Waals surface area contributed by atoms with Gasteiger partial charge in [-0.1, -0.05) is 38.5 Å². The first-order chi connectivity index (χ1) is 14.5. The number of unbranched alkanes of at least 4 members (excludes halogenated alkanes) is 1. The molecule has 162 valence electrons. The number of para-hydroxylation sites is 1. The van der Waals surface area contributed by atoms with Crippen molar-refractivity contribution in [1.82, 2.24) is 4.90 Å². The standard InChI is InChI=1S/C25H32FNO3/c1-5-7-15-29-24-20-13-14-27(17(3)6-2)16-21(20)23(26)18(4)22(24)25(28)30-19-11-9-8-10-12-19/h8-12,17H,5-7,13-16H2,1-4H3/t17-/m0/s1. The van der Waals surface area contributed by atoms with E-state index in [4.69, 9.17) is 9.47 Å². The third kappa shape index (κ3) is 4.67. The number of nitrogens with zero attached hydrogens (tertiary/aromatic N) is 1. The second-order valence-electron chi connectivity index (χ2n) is 7.98. The summed E-state index contributed by atoms with van der Waals surface area (Å²) in [7, 11) is 0. The van der Waals surface area contributed by atoms with E-state index in [9.17, 15) is 4.79 Å². The summed E-state index contributed by atoms with van der Waals surface area (Å²) in [5.74, 6) is 0.0432. The van der Waals surface area contributed by atoms with E-state index in [1.165, 1.54) is 0 Å². The average molecular weight is 414 g/mol. The fraction of sp³-hybridized carbons (Fsp3) is 0.480. The molecule has 0 fully saturated rings. The third-order valence-electron chi connectivity index (χ3n) is 5.96. The number of hydrogen-bond donors (Lipinski definition) is 0. The van der Waals surface area contributed by atoms with Gasteiger partial charge in [0.2, 0.25) is 0 Å². The van der Waals surface area contributed by atoms with Crippen molar-refractivity contribution < 1.29 is 18.7 Å². The summed E-state index contributed by atoms with van der Waals surface area (Å²) >= 11 is 0. The number of esters is 1. The molecule has 4 nitrogen and oxygen atoms in total. The Balaban J connectivity index is 2.03. The fourth-order valence-electron chi connectivity index (χ4n) is 3.90. The minimum absolute atomic E-state index is 0.211. The van der Waals surface area contributed by atoms with Gasteiger partial charge in [0.1, 0.15) is 22.9 Å². The van der Waals surface area contributed by atoms with Crippen LogP contribution in [-0.4, -0.2) is 30.1 Å². The molecule has 30 heavy (non-hydrogen) atoms. The number of benzene rings is 2. The number of halogens is 1. The van der Waals surface area contributed by atoms with Crippen molar-refractivity contribution in [3.8, 4) is 11.5 Å². The molecule has 1 aliphatic heterocycles. The number of carbonyl (C=O) groups excluding carboxylic acids is 1. The molecule has 0 aliphatic carbocycles. The van der Waals surface area contributed by atoms with E-state index in [0.717, 1.165) is 31.4 Å². The van der Waals surface area contributed by atoms with Crippen LogP contribution in [0.15, 0.2) is 30.3 Å². The molecular weight excluding hydrogens is 381 g/mol. The molecule has 0 aromatic heterocycles. The molecule has 0 N–H and O–H groups in total. The second kappa shape index (κ2) is 10.1. The molecule has 0 saturated carbocycles. The Morgan fingerprint density at radius 2 is 1.93 bits per heavy atom. The van der Waals surface area contributed by atoms with Gasteiger partial charge in [0.15, 0.2) is 0 Å². The molecule has 0 spiro atoms. The first-order valence-corrected chi connectivity index (χ1v) is 11.0. The van der Waals surface area contributed by atoms with Crippen LogP contribution >= 0.6 is 0 Å². The maximum atomic E-state index is 15.5. The molecule has 0 unspecified atom stereocenters. The highest BCUT2D eigenvalue weighted by Gasteiger charge is 2.32. The maximum absolute atomic E-state index is 15.5. The van der Waals surface area contributed by atoms with Gasteiger partial charge in [-0.2, -0.15) is 0 Å². The van der Waals surface area contributed by atoms with Gasteiger partial charge in [-0.25, -0.2) is 9.18 Å². The molecule has 2 aromatic carbocycles. The van der Waals surface area contributed by atoms with E-state index >= 15 is 4.39 Å². The average Bonchev–Trinajstić information content (AvgIpc) is 2.77. The predicted octanol–water partition coefficient (Wildman–Crippen LogP) is 5.69. The first kappa shape index (κ1) is 22.3. The zero-order chi connectivity index (χ0) is 21.7. The summed E-state index contributed by atoms with van der Waals surface area (Å²) in [6, 6.07) is 9.25. The highest BCUT2D eigenvalue weighted by Crippen LogP contribution is 2.38. The first-order valence-electron chi connectivity index (χ1n) is 11.0. The van der Waals surface area contributed by atoms with Gasteiger partial charge in [-0.3, -0.25) is 4.90 Å². The van der Waals surface area contributed by atoms with Gasteiger partial charge in [0.25, 0.3) is 0 Å². The Morgan fingerprint density at radius 3 is 2.60 bits per heavy atom. The summed E-state index contributed by atoms with van der Waals surface area (Å²) < 4.78 is 27.1. The van der Waals surface area contributed by atoms with Crippen molar-refractivity contribution >= 4 is 5.97 Å². The lowest BCUT2D eigenvalue weighted by atomic mass is 9.90. The van der Waals surface area contributed by atoms with Gasteiger partial charge in [-0.05, 0) is 45.2 Å². The SMILES string of the molecule is CCCCOc1c2c(c(F)c(C)c1C(=O)Oc1ccccc1)CN([C@@H](C)CC)CC2. The summed E-state index contributed by atoms with van der Waals surface area (Å²) in [5, 5.41) is 0. The van der Waals surface area contributed by atoms with E-state index in [-0.39, 0.29) is 11.4 Å². The van der Waals surface area contributed by atoms with Gasteiger partial charge < -0.3 is 9.47 Å². The van der Waals surface area contributed by atoms with E-state index in [1.807, 2.05) is 6.07 Å². The van der Waals surface area contributed by atoms with E-state index < -0.39 is 5.97 Å². The molecule has 0 amide bonds. The van der Waals surface area contributed by atoms with Crippen molar-refractivity contribution in [3.63, 3.8) is 0 Å². The van der Waals surface area contributed by atoms with Crippen LogP contribution in [0.1, 0.15) is 67.1 Å². The molecule has 1 aliphatic rings. The van der Waals surface area contributed by atoms with Gasteiger partial charge in [0, 0.05) is 35.8 Å². The van der Waals surface area contributed by atoms with Crippen LogP contribution in [0.4, 0.5) is 4.39 Å².